The number of carbonyl (C=O) groups excluding carboxylic acids is 1. The van der Waals surface area contributed by atoms with Gasteiger partial charge in [0.15, 0.2) is 0 Å². The highest BCUT2D eigenvalue weighted by Crippen LogP contribution is 2.30. The van der Waals surface area contributed by atoms with E-state index in [1.807, 2.05) is 23.1 Å². The SMILES string of the molecule is O=C(c1cccnc1N1CCC(Oc2ccc(Cl)c(Cl)c2)C1)N1CCCCC1. The fourth-order valence-corrected chi connectivity index (χ4v) is 4.13. The van der Waals surface area contributed by atoms with Gasteiger partial charge in [0, 0.05) is 38.3 Å². The van der Waals surface area contributed by atoms with Crippen LogP contribution in [0.1, 0.15) is 36.0 Å². The average Bonchev–Trinajstić information content (AvgIpc) is 3.19. The molecule has 1 amide bonds. The van der Waals surface area contributed by atoms with Crippen molar-refractivity contribution in [3.05, 3.63) is 52.1 Å². The number of aromatic nitrogens is 1. The summed E-state index contributed by atoms with van der Waals surface area (Å²) < 4.78 is 6.07. The molecule has 2 fully saturated rings. The third kappa shape index (κ3) is 4.20. The molecule has 4 rings (SSSR count). The highest BCUT2D eigenvalue weighted by molar-refractivity contribution is 6.42. The maximum atomic E-state index is 13.0. The van der Waals surface area contributed by atoms with Gasteiger partial charge >= 0.3 is 0 Å². The van der Waals surface area contributed by atoms with E-state index in [1.54, 1.807) is 18.3 Å². The van der Waals surface area contributed by atoms with Crippen LogP contribution in [0.3, 0.4) is 0 Å². The fraction of sp³-hybridized carbons (Fsp3) is 0.429. The molecule has 0 N–H and O–H groups in total. The molecule has 0 bridgehead atoms. The molecule has 5 nitrogen and oxygen atoms in total. The van der Waals surface area contributed by atoms with E-state index in [9.17, 15) is 4.79 Å². The smallest absolute Gasteiger partial charge is 0.257 e. The second kappa shape index (κ2) is 8.58. The summed E-state index contributed by atoms with van der Waals surface area (Å²) in [5.41, 5.74) is 0.680. The summed E-state index contributed by atoms with van der Waals surface area (Å²) >= 11 is 12.1. The number of halogens is 2. The van der Waals surface area contributed by atoms with Gasteiger partial charge in [-0.15, -0.1) is 0 Å². The predicted octanol–water partition coefficient (Wildman–Crippen LogP) is 4.67. The van der Waals surface area contributed by atoms with Gasteiger partial charge in [-0.25, -0.2) is 4.98 Å². The van der Waals surface area contributed by atoms with Crippen LogP contribution in [0.5, 0.6) is 5.75 Å². The molecule has 7 heteroatoms. The second-order valence-corrected chi connectivity index (χ2v) is 8.09. The lowest BCUT2D eigenvalue weighted by molar-refractivity contribution is 0.0724. The summed E-state index contributed by atoms with van der Waals surface area (Å²) in [4.78, 5) is 21.6. The Morgan fingerprint density at radius 3 is 2.68 bits per heavy atom. The van der Waals surface area contributed by atoms with Gasteiger partial charge in [-0.1, -0.05) is 23.2 Å². The highest BCUT2D eigenvalue weighted by Gasteiger charge is 2.29. The van der Waals surface area contributed by atoms with Crippen LogP contribution in [0.25, 0.3) is 0 Å². The maximum Gasteiger partial charge on any atom is 0.257 e. The Morgan fingerprint density at radius 1 is 1.07 bits per heavy atom. The molecule has 1 unspecified atom stereocenters. The molecule has 148 valence electrons. The van der Waals surface area contributed by atoms with Crippen LogP contribution >= 0.6 is 23.2 Å². The Labute approximate surface area is 175 Å². The minimum Gasteiger partial charge on any atom is -0.488 e. The first-order chi connectivity index (χ1) is 13.6. The zero-order valence-corrected chi connectivity index (χ0v) is 17.1. The number of piperidine rings is 1. The summed E-state index contributed by atoms with van der Waals surface area (Å²) in [5, 5.41) is 0.990. The number of hydrogen-bond donors (Lipinski definition) is 0. The molecular weight excluding hydrogens is 397 g/mol. The van der Waals surface area contributed by atoms with Crippen molar-refractivity contribution >= 4 is 34.9 Å². The molecule has 3 heterocycles. The van der Waals surface area contributed by atoms with Gasteiger partial charge < -0.3 is 14.5 Å². The van der Waals surface area contributed by atoms with E-state index in [4.69, 9.17) is 27.9 Å². The Kier molecular flexibility index (Phi) is 5.93. The zero-order valence-electron chi connectivity index (χ0n) is 15.6. The largest absolute Gasteiger partial charge is 0.488 e. The second-order valence-electron chi connectivity index (χ2n) is 7.28. The van der Waals surface area contributed by atoms with Crippen molar-refractivity contribution in [3.63, 3.8) is 0 Å². The van der Waals surface area contributed by atoms with Crippen LogP contribution < -0.4 is 9.64 Å². The van der Waals surface area contributed by atoms with E-state index in [0.717, 1.165) is 44.7 Å². The van der Waals surface area contributed by atoms with Gasteiger partial charge in [0.05, 0.1) is 22.2 Å². The van der Waals surface area contributed by atoms with Crippen molar-refractivity contribution in [2.75, 3.05) is 31.1 Å². The number of hydrogen-bond acceptors (Lipinski definition) is 4. The number of rotatable bonds is 4. The molecule has 1 aromatic heterocycles. The number of amides is 1. The van der Waals surface area contributed by atoms with Crippen LogP contribution in [0, 0.1) is 0 Å². The quantitative estimate of drug-likeness (QED) is 0.721. The maximum absolute atomic E-state index is 13.0. The normalized spacial score (nSPS) is 19.7. The first kappa shape index (κ1) is 19.3. The van der Waals surface area contributed by atoms with Crippen molar-refractivity contribution < 1.29 is 9.53 Å². The molecule has 2 aromatic rings. The predicted molar refractivity (Wildman–Crippen MR) is 112 cm³/mol. The van der Waals surface area contributed by atoms with Gasteiger partial charge in [-0.05, 0) is 43.5 Å². The Hall–Kier alpha value is -1.98. The van der Waals surface area contributed by atoms with Gasteiger partial charge in [-0.2, -0.15) is 0 Å². The highest BCUT2D eigenvalue weighted by atomic mass is 35.5. The number of carbonyl (C=O) groups is 1. The molecular formula is C21H23Cl2N3O2. The van der Waals surface area contributed by atoms with Crippen molar-refractivity contribution in [2.45, 2.75) is 31.8 Å². The number of pyridine rings is 1. The van der Waals surface area contributed by atoms with Crippen LogP contribution in [0.4, 0.5) is 5.82 Å². The Balaban J connectivity index is 1.46. The first-order valence-corrected chi connectivity index (χ1v) is 10.5. The Morgan fingerprint density at radius 2 is 1.89 bits per heavy atom. The topological polar surface area (TPSA) is 45.7 Å². The molecule has 1 atom stereocenters. The van der Waals surface area contributed by atoms with Crippen molar-refractivity contribution in [2.24, 2.45) is 0 Å². The van der Waals surface area contributed by atoms with Gasteiger partial charge in [-0.3, -0.25) is 4.79 Å². The number of benzene rings is 1. The van der Waals surface area contributed by atoms with E-state index >= 15 is 0 Å². The van der Waals surface area contributed by atoms with E-state index in [2.05, 4.69) is 9.88 Å². The summed E-state index contributed by atoms with van der Waals surface area (Å²) in [5.74, 6) is 1.53. The lowest BCUT2D eigenvalue weighted by Crippen LogP contribution is -2.37. The monoisotopic (exact) mass is 419 g/mol. The fourth-order valence-electron chi connectivity index (χ4n) is 3.84. The first-order valence-electron chi connectivity index (χ1n) is 9.73. The van der Waals surface area contributed by atoms with Crippen LogP contribution in [-0.4, -0.2) is 48.1 Å². The number of nitrogens with zero attached hydrogens (tertiary/aromatic N) is 3. The molecule has 28 heavy (non-hydrogen) atoms. The molecule has 0 radical (unpaired) electrons. The van der Waals surface area contributed by atoms with Gasteiger partial charge in [0.2, 0.25) is 0 Å². The van der Waals surface area contributed by atoms with Crippen molar-refractivity contribution in [1.82, 2.24) is 9.88 Å². The van der Waals surface area contributed by atoms with E-state index in [-0.39, 0.29) is 12.0 Å². The molecule has 0 aliphatic carbocycles. The summed E-state index contributed by atoms with van der Waals surface area (Å²) in [6, 6.07) is 9.01. The molecule has 1 aromatic carbocycles. The third-order valence-electron chi connectivity index (χ3n) is 5.30. The minimum atomic E-state index is 0.0113. The van der Waals surface area contributed by atoms with Gasteiger partial charge in [0.25, 0.3) is 5.91 Å². The van der Waals surface area contributed by atoms with Crippen LogP contribution in [0.15, 0.2) is 36.5 Å². The molecule has 2 aliphatic heterocycles. The number of likely N-dealkylation sites (tertiary alicyclic amines) is 1. The Bertz CT molecular complexity index is 855. The molecule has 2 saturated heterocycles. The third-order valence-corrected chi connectivity index (χ3v) is 6.04. The molecule has 0 saturated carbocycles. The summed E-state index contributed by atoms with van der Waals surface area (Å²) in [7, 11) is 0. The lowest BCUT2D eigenvalue weighted by atomic mass is 10.1. The standard InChI is InChI=1S/C21H23Cl2N3O2/c22-18-7-6-15(13-19(18)23)28-16-8-12-26(14-16)20-17(5-4-9-24-20)21(27)25-10-2-1-3-11-25/h4-7,9,13,16H,1-3,8,10-12,14H2. The number of ether oxygens (including phenoxy) is 1. The minimum absolute atomic E-state index is 0.0113. The van der Waals surface area contributed by atoms with Crippen molar-refractivity contribution in [1.29, 1.82) is 0 Å². The summed E-state index contributed by atoms with van der Waals surface area (Å²) in [6.07, 6.45) is 5.96. The van der Waals surface area contributed by atoms with E-state index in [0.29, 0.717) is 27.9 Å². The average molecular weight is 420 g/mol. The zero-order chi connectivity index (χ0) is 19.5. The van der Waals surface area contributed by atoms with E-state index < -0.39 is 0 Å². The van der Waals surface area contributed by atoms with Crippen LogP contribution in [-0.2, 0) is 0 Å². The number of anilines is 1. The van der Waals surface area contributed by atoms with E-state index in [1.165, 1.54) is 6.42 Å². The molecule has 0 spiro atoms. The lowest BCUT2D eigenvalue weighted by Gasteiger charge is -2.28. The molecule has 2 aliphatic rings. The van der Waals surface area contributed by atoms with Gasteiger partial charge in [0.1, 0.15) is 17.7 Å². The van der Waals surface area contributed by atoms with Crippen LogP contribution in [0.2, 0.25) is 10.0 Å². The summed E-state index contributed by atoms with van der Waals surface area (Å²) in [6.45, 7) is 3.13. The van der Waals surface area contributed by atoms with Crippen molar-refractivity contribution in [3.8, 4) is 5.75 Å².